The largest absolute Gasteiger partial charge is 0.490 e. The van der Waals surface area contributed by atoms with Crippen molar-refractivity contribution in [1.82, 2.24) is 0 Å². The van der Waals surface area contributed by atoms with Crippen LogP contribution < -0.4 is 0 Å². The SMILES string of the molecule is C=C(C)C(=O)OCCC[Si](O)(O)O[Si](O)(CCCOC(=O)C(=C)C)OC. The summed E-state index contributed by atoms with van der Waals surface area (Å²) in [6, 6.07) is -0.201. The van der Waals surface area contributed by atoms with Crippen molar-refractivity contribution in [1.29, 1.82) is 0 Å². The molecule has 3 N–H and O–H groups in total. The van der Waals surface area contributed by atoms with Gasteiger partial charge in [0.25, 0.3) is 0 Å². The third-order valence-corrected chi connectivity index (χ3v) is 8.30. The first-order valence-corrected chi connectivity index (χ1v) is 12.0. The van der Waals surface area contributed by atoms with E-state index in [4.69, 9.17) is 18.0 Å². The molecule has 0 rings (SSSR count). The molecule has 1 atom stereocenters. The van der Waals surface area contributed by atoms with Gasteiger partial charge in [0, 0.05) is 30.3 Å². The Kier molecular flexibility index (Phi) is 10.8. The number of rotatable bonds is 13. The summed E-state index contributed by atoms with van der Waals surface area (Å²) < 4.78 is 19.8. The summed E-state index contributed by atoms with van der Waals surface area (Å²) in [5.41, 5.74) is 0.497. The van der Waals surface area contributed by atoms with Crippen molar-refractivity contribution in [3.05, 3.63) is 24.3 Å². The predicted molar refractivity (Wildman–Crippen MR) is 96.7 cm³/mol. The molecule has 150 valence electrons. The summed E-state index contributed by atoms with van der Waals surface area (Å²) in [5, 5.41) is 0. The Morgan fingerprint density at radius 3 is 1.69 bits per heavy atom. The molecule has 0 amide bonds. The Labute approximate surface area is 155 Å². The van der Waals surface area contributed by atoms with Gasteiger partial charge in [-0.3, -0.25) is 0 Å². The van der Waals surface area contributed by atoms with Crippen molar-refractivity contribution in [2.75, 3.05) is 20.3 Å². The molecule has 0 aromatic rings. The van der Waals surface area contributed by atoms with E-state index >= 15 is 0 Å². The lowest BCUT2D eigenvalue weighted by molar-refractivity contribution is -0.139. The second-order valence-electron chi connectivity index (χ2n) is 5.80. The summed E-state index contributed by atoms with van der Waals surface area (Å²) in [6.45, 7) is 9.86. The van der Waals surface area contributed by atoms with E-state index in [-0.39, 0.29) is 49.3 Å². The maximum absolute atomic E-state index is 11.3. The van der Waals surface area contributed by atoms with Gasteiger partial charge in [0.05, 0.1) is 13.2 Å². The van der Waals surface area contributed by atoms with Crippen LogP contribution in [0.5, 0.6) is 0 Å². The average molecular weight is 409 g/mol. The van der Waals surface area contributed by atoms with Crippen LogP contribution in [0.1, 0.15) is 26.7 Å². The molecule has 11 heteroatoms. The van der Waals surface area contributed by atoms with Crippen LogP contribution >= 0.6 is 0 Å². The van der Waals surface area contributed by atoms with Gasteiger partial charge in [0.15, 0.2) is 0 Å². The Morgan fingerprint density at radius 1 is 0.885 bits per heavy atom. The lowest BCUT2D eigenvalue weighted by Crippen LogP contribution is -2.54. The van der Waals surface area contributed by atoms with Crippen LogP contribution in [0.4, 0.5) is 0 Å². The lowest BCUT2D eigenvalue weighted by atomic mass is 10.4. The normalized spacial score (nSPS) is 13.6. The Hall–Kier alpha value is -1.35. The molecule has 0 aliphatic rings. The summed E-state index contributed by atoms with van der Waals surface area (Å²) >= 11 is 0. The van der Waals surface area contributed by atoms with Crippen LogP contribution in [-0.2, 0) is 27.6 Å². The fourth-order valence-electron chi connectivity index (χ4n) is 1.68. The molecule has 0 aliphatic heterocycles. The van der Waals surface area contributed by atoms with Crippen molar-refractivity contribution < 1.29 is 42.0 Å². The Balaban J connectivity index is 4.33. The molecule has 0 aliphatic carbocycles. The molecular weight excluding hydrogens is 380 g/mol. The number of ether oxygens (including phenoxy) is 2. The van der Waals surface area contributed by atoms with E-state index in [0.29, 0.717) is 0 Å². The summed E-state index contributed by atoms with van der Waals surface area (Å²) in [6.07, 6.45) is 0.360. The quantitative estimate of drug-likeness (QED) is 0.173. The van der Waals surface area contributed by atoms with Gasteiger partial charge < -0.3 is 32.4 Å². The maximum atomic E-state index is 11.3. The number of carbonyl (C=O) groups excluding carboxylic acids is 2. The molecule has 1 unspecified atom stereocenters. The molecular formula is C15H28O9Si2. The maximum Gasteiger partial charge on any atom is 0.490 e. The topological polar surface area (TPSA) is 132 Å². The molecule has 0 fully saturated rings. The highest BCUT2D eigenvalue weighted by atomic mass is 28.5. The Morgan fingerprint density at radius 2 is 1.31 bits per heavy atom. The molecule has 0 spiro atoms. The molecule has 0 heterocycles. The van der Waals surface area contributed by atoms with Gasteiger partial charge in [-0.1, -0.05) is 13.2 Å². The summed E-state index contributed by atoms with van der Waals surface area (Å²) in [7, 11) is -6.84. The molecule has 0 radical (unpaired) electrons. The lowest BCUT2D eigenvalue weighted by Gasteiger charge is -2.28. The fraction of sp³-hybridized carbons (Fsp3) is 0.600. The molecule has 0 bridgehead atoms. The summed E-state index contributed by atoms with van der Waals surface area (Å²) in [5.74, 6) is -1.12. The number of hydrogen-bond acceptors (Lipinski definition) is 9. The van der Waals surface area contributed by atoms with Crippen LogP contribution in [0.3, 0.4) is 0 Å². The van der Waals surface area contributed by atoms with Crippen molar-refractivity contribution in [2.24, 2.45) is 0 Å². The van der Waals surface area contributed by atoms with Crippen molar-refractivity contribution in [2.45, 2.75) is 38.8 Å². The highest BCUT2D eigenvalue weighted by Gasteiger charge is 2.46. The first kappa shape index (κ1) is 24.7. The van der Waals surface area contributed by atoms with Crippen molar-refractivity contribution in [3.8, 4) is 0 Å². The van der Waals surface area contributed by atoms with Gasteiger partial charge in [-0.25, -0.2) is 9.59 Å². The highest BCUT2D eigenvalue weighted by molar-refractivity contribution is 6.72. The smallest absolute Gasteiger partial charge is 0.462 e. The monoisotopic (exact) mass is 408 g/mol. The third-order valence-electron chi connectivity index (χ3n) is 3.09. The molecule has 0 aromatic heterocycles. The summed E-state index contributed by atoms with van der Waals surface area (Å²) in [4.78, 5) is 52.7. The number of carbonyl (C=O) groups is 2. The van der Waals surface area contributed by atoms with Crippen molar-refractivity contribution in [3.63, 3.8) is 0 Å². The zero-order chi connectivity index (χ0) is 20.4. The molecule has 26 heavy (non-hydrogen) atoms. The van der Waals surface area contributed by atoms with E-state index in [9.17, 15) is 24.0 Å². The van der Waals surface area contributed by atoms with E-state index in [2.05, 4.69) is 13.2 Å². The van der Waals surface area contributed by atoms with E-state index in [1.165, 1.54) is 21.0 Å². The van der Waals surface area contributed by atoms with Crippen LogP contribution in [0.15, 0.2) is 24.3 Å². The van der Waals surface area contributed by atoms with Gasteiger partial charge in [0.2, 0.25) is 0 Å². The Bertz CT molecular complexity index is 521. The zero-order valence-electron chi connectivity index (χ0n) is 15.4. The van der Waals surface area contributed by atoms with E-state index < -0.39 is 29.5 Å². The van der Waals surface area contributed by atoms with Gasteiger partial charge in [-0.15, -0.1) is 0 Å². The van der Waals surface area contributed by atoms with Gasteiger partial charge >= 0.3 is 29.5 Å². The minimum absolute atomic E-state index is 0.00991. The second-order valence-corrected chi connectivity index (χ2v) is 10.9. The second kappa shape index (κ2) is 11.4. The minimum atomic E-state index is -4.21. The van der Waals surface area contributed by atoms with E-state index in [1.54, 1.807) is 0 Å². The fourth-order valence-corrected chi connectivity index (χ4v) is 6.27. The molecule has 0 saturated heterocycles. The van der Waals surface area contributed by atoms with Crippen molar-refractivity contribution >= 4 is 29.5 Å². The molecule has 9 nitrogen and oxygen atoms in total. The standard InChI is InChI=1S/C15H28O9Si2/c1-12(2)14(16)22-8-6-10-25(18,19)24-26(20,21-5)11-7-9-23-15(17)13(3)4/h18-20H,1,3,6-11H2,2,4-5H3. The number of esters is 2. The third kappa shape index (κ3) is 10.6. The van der Waals surface area contributed by atoms with E-state index in [0.717, 1.165) is 0 Å². The van der Waals surface area contributed by atoms with Crippen LogP contribution in [0.25, 0.3) is 0 Å². The van der Waals surface area contributed by atoms with Crippen LogP contribution in [0.2, 0.25) is 12.1 Å². The average Bonchev–Trinajstić information content (AvgIpc) is 2.54. The molecule has 0 aromatic carbocycles. The van der Waals surface area contributed by atoms with E-state index in [1.807, 2.05) is 0 Å². The van der Waals surface area contributed by atoms with Crippen LogP contribution in [0, 0.1) is 0 Å². The molecule has 0 saturated carbocycles. The first-order chi connectivity index (χ1) is 11.9. The predicted octanol–water partition coefficient (Wildman–Crippen LogP) is 0.523. The van der Waals surface area contributed by atoms with Gasteiger partial charge in [-0.2, -0.15) is 0 Å². The van der Waals surface area contributed by atoms with Gasteiger partial charge in [0.1, 0.15) is 0 Å². The minimum Gasteiger partial charge on any atom is -0.462 e. The van der Waals surface area contributed by atoms with Crippen LogP contribution in [-0.4, -0.2) is 64.3 Å². The first-order valence-electron chi connectivity index (χ1n) is 8.00. The highest BCUT2D eigenvalue weighted by Crippen LogP contribution is 2.19. The number of hydrogen-bond donors (Lipinski definition) is 3. The zero-order valence-corrected chi connectivity index (χ0v) is 17.4. The van der Waals surface area contributed by atoms with Gasteiger partial charge in [-0.05, 0) is 26.7 Å².